The first-order valence-corrected chi connectivity index (χ1v) is 6.15. The summed E-state index contributed by atoms with van der Waals surface area (Å²) in [6.07, 6.45) is 3.13. The number of carboxylic acid groups (broad SMARTS) is 1. The molecular formula is C15H16N2O3. The van der Waals surface area contributed by atoms with Crippen molar-refractivity contribution in [3.63, 3.8) is 0 Å². The highest BCUT2D eigenvalue weighted by Crippen LogP contribution is 2.10. The van der Waals surface area contributed by atoms with Crippen LogP contribution in [0.15, 0.2) is 30.3 Å². The summed E-state index contributed by atoms with van der Waals surface area (Å²) in [6, 6.07) is 8.70. The van der Waals surface area contributed by atoms with Crippen LogP contribution in [0, 0.1) is 11.3 Å². The summed E-state index contributed by atoms with van der Waals surface area (Å²) in [5.41, 5.74) is 0.0234. The smallest absolute Gasteiger partial charge is 0.329 e. The summed E-state index contributed by atoms with van der Waals surface area (Å²) in [5.74, 6) is -1.54. The van der Waals surface area contributed by atoms with Crippen molar-refractivity contribution in [3.8, 4) is 6.07 Å². The van der Waals surface area contributed by atoms with Gasteiger partial charge in [-0.25, -0.2) is 4.79 Å². The molecule has 0 aliphatic carbocycles. The van der Waals surface area contributed by atoms with Gasteiger partial charge in [0.1, 0.15) is 5.54 Å². The zero-order chi connectivity index (χ0) is 15.2. The standard InChI is InChI=1S/C15H16N2O3/c1-3-15(2,14(19)20)17-13(18)9-8-11-4-6-12(10-16)7-5-11/h4-9H,3H2,1-2H3,(H,17,18)(H,19,20). The van der Waals surface area contributed by atoms with Gasteiger partial charge < -0.3 is 10.4 Å². The Bertz CT molecular complexity index is 570. The third-order valence-corrected chi connectivity index (χ3v) is 3.05. The molecule has 1 aromatic carbocycles. The fraction of sp³-hybridized carbons (Fsp3) is 0.267. The maximum Gasteiger partial charge on any atom is 0.329 e. The summed E-state index contributed by atoms with van der Waals surface area (Å²) in [7, 11) is 0. The molecule has 0 saturated heterocycles. The quantitative estimate of drug-likeness (QED) is 0.801. The maximum absolute atomic E-state index is 11.7. The van der Waals surface area contributed by atoms with Gasteiger partial charge in [-0.3, -0.25) is 4.79 Å². The van der Waals surface area contributed by atoms with E-state index in [1.807, 2.05) is 6.07 Å². The Balaban J connectivity index is 2.72. The predicted molar refractivity (Wildman–Crippen MR) is 74.7 cm³/mol. The Hall–Kier alpha value is -2.61. The molecule has 1 amide bonds. The Morgan fingerprint density at radius 1 is 1.40 bits per heavy atom. The van der Waals surface area contributed by atoms with Crippen molar-refractivity contribution in [2.45, 2.75) is 25.8 Å². The number of carbonyl (C=O) groups is 2. The zero-order valence-electron chi connectivity index (χ0n) is 11.4. The lowest BCUT2D eigenvalue weighted by molar-refractivity contribution is -0.146. The molecular weight excluding hydrogens is 256 g/mol. The van der Waals surface area contributed by atoms with Crippen LogP contribution in [0.4, 0.5) is 0 Å². The Kier molecular flexibility index (Phi) is 5.04. The normalized spacial score (nSPS) is 13.4. The second-order valence-electron chi connectivity index (χ2n) is 4.55. The van der Waals surface area contributed by atoms with Crippen molar-refractivity contribution in [3.05, 3.63) is 41.5 Å². The molecule has 0 aliphatic heterocycles. The summed E-state index contributed by atoms with van der Waals surface area (Å²) < 4.78 is 0. The van der Waals surface area contributed by atoms with E-state index in [-0.39, 0.29) is 0 Å². The van der Waals surface area contributed by atoms with E-state index in [4.69, 9.17) is 10.4 Å². The van der Waals surface area contributed by atoms with Gasteiger partial charge in [-0.05, 0) is 37.1 Å². The van der Waals surface area contributed by atoms with E-state index in [1.165, 1.54) is 13.0 Å². The van der Waals surface area contributed by atoms with Crippen LogP contribution in [-0.4, -0.2) is 22.5 Å². The van der Waals surface area contributed by atoms with Crippen molar-refractivity contribution in [2.24, 2.45) is 0 Å². The highest BCUT2D eigenvalue weighted by atomic mass is 16.4. The van der Waals surface area contributed by atoms with Gasteiger partial charge in [-0.1, -0.05) is 19.1 Å². The Morgan fingerprint density at radius 3 is 2.45 bits per heavy atom. The zero-order valence-corrected chi connectivity index (χ0v) is 11.4. The fourth-order valence-electron chi connectivity index (χ4n) is 1.45. The Morgan fingerprint density at radius 2 is 2.00 bits per heavy atom. The lowest BCUT2D eigenvalue weighted by Crippen LogP contribution is -2.51. The fourth-order valence-corrected chi connectivity index (χ4v) is 1.45. The average molecular weight is 272 g/mol. The van der Waals surface area contributed by atoms with Crippen LogP contribution in [0.2, 0.25) is 0 Å². The number of hydrogen-bond donors (Lipinski definition) is 2. The molecule has 0 saturated carbocycles. The molecule has 0 aliphatic rings. The lowest BCUT2D eigenvalue weighted by Gasteiger charge is -2.23. The number of rotatable bonds is 5. The molecule has 1 rings (SSSR count). The molecule has 20 heavy (non-hydrogen) atoms. The number of nitrogens with zero attached hydrogens (tertiary/aromatic N) is 1. The van der Waals surface area contributed by atoms with Crippen LogP contribution in [0.25, 0.3) is 6.08 Å². The van der Waals surface area contributed by atoms with Crippen LogP contribution in [0.3, 0.4) is 0 Å². The van der Waals surface area contributed by atoms with E-state index in [0.717, 1.165) is 5.56 Å². The molecule has 0 radical (unpaired) electrons. The molecule has 1 aromatic rings. The highest BCUT2D eigenvalue weighted by molar-refractivity contribution is 5.95. The molecule has 0 fully saturated rings. The second-order valence-corrected chi connectivity index (χ2v) is 4.55. The van der Waals surface area contributed by atoms with Gasteiger partial charge in [0.15, 0.2) is 0 Å². The topological polar surface area (TPSA) is 90.2 Å². The molecule has 2 N–H and O–H groups in total. The number of aliphatic carboxylic acids is 1. The molecule has 0 aromatic heterocycles. The van der Waals surface area contributed by atoms with Crippen molar-refractivity contribution < 1.29 is 14.7 Å². The monoisotopic (exact) mass is 272 g/mol. The summed E-state index contributed by atoms with van der Waals surface area (Å²) in [4.78, 5) is 22.8. The number of amides is 1. The van der Waals surface area contributed by atoms with E-state index in [0.29, 0.717) is 12.0 Å². The summed E-state index contributed by atoms with van der Waals surface area (Å²) in [5, 5.41) is 20.2. The molecule has 1 unspecified atom stereocenters. The summed E-state index contributed by atoms with van der Waals surface area (Å²) in [6.45, 7) is 3.15. The summed E-state index contributed by atoms with van der Waals surface area (Å²) >= 11 is 0. The van der Waals surface area contributed by atoms with Gasteiger partial charge in [-0.2, -0.15) is 5.26 Å². The van der Waals surface area contributed by atoms with E-state index in [1.54, 1.807) is 37.3 Å². The van der Waals surface area contributed by atoms with Crippen LogP contribution in [0.5, 0.6) is 0 Å². The first-order valence-electron chi connectivity index (χ1n) is 6.15. The number of carbonyl (C=O) groups excluding carboxylic acids is 1. The van der Waals surface area contributed by atoms with E-state index in [9.17, 15) is 9.59 Å². The van der Waals surface area contributed by atoms with Crippen molar-refractivity contribution in [1.82, 2.24) is 5.32 Å². The predicted octanol–water partition coefficient (Wildman–Crippen LogP) is 1.94. The van der Waals surface area contributed by atoms with Crippen LogP contribution < -0.4 is 5.32 Å². The minimum absolute atomic E-state index is 0.290. The van der Waals surface area contributed by atoms with E-state index in [2.05, 4.69) is 5.32 Å². The largest absolute Gasteiger partial charge is 0.480 e. The SMILES string of the molecule is CCC(C)(NC(=O)C=Cc1ccc(C#N)cc1)C(=O)O. The lowest BCUT2D eigenvalue weighted by atomic mass is 9.99. The first-order chi connectivity index (χ1) is 9.41. The third kappa shape index (κ3) is 3.95. The molecule has 0 heterocycles. The molecule has 5 nitrogen and oxygen atoms in total. The van der Waals surface area contributed by atoms with Gasteiger partial charge in [0, 0.05) is 6.08 Å². The number of nitrogens with one attached hydrogen (secondary N) is 1. The third-order valence-electron chi connectivity index (χ3n) is 3.05. The average Bonchev–Trinajstić information content (AvgIpc) is 2.45. The van der Waals surface area contributed by atoms with E-state index < -0.39 is 17.4 Å². The maximum atomic E-state index is 11.7. The molecule has 5 heteroatoms. The molecule has 104 valence electrons. The molecule has 0 spiro atoms. The van der Waals surface area contributed by atoms with Gasteiger partial charge in [0.25, 0.3) is 0 Å². The van der Waals surface area contributed by atoms with Crippen molar-refractivity contribution in [2.75, 3.05) is 0 Å². The van der Waals surface area contributed by atoms with E-state index >= 15 is 0 Å². The molecule has 1 atom stereocenters. The van der Waals surface area contributed by atoms with Crippen molar-refractivity contribution >= 4 is 18.0 Å². The molecule has 0 bridgehead atoms. The van der Waals surface area contributed by atoms with Gasteiger partial charge in [0.2, 0.25) is 5.91 Å². The Labute approximate surface area is 117 Å². The van der Waals surface area contributed by atoms with Crippen molar-refractivity contribution in [1.29, 1.82) is 5.26 Å². The number of nitriles is 1. The first kappa shape index (κ1) is 15.4. The van der Waals surface area contributed by atoms with Crippen LogP contribution >= 0.6 is 0 Å². The minimum Gasteiger partial charge on any atom is -0.480 e. The highest BCUT2D eigenvalue weighted by Gasteiger charge is 2.31. The van der Waals surface area contributed by atoms with Gasteiger partial charge in [0.05, 0.1) is 11.6 Å². The number of hydrogen-bond acceptors (Lipinski definition) is 3. The van der Waals surface area contributed by atoms with Gasteiger partial charge >= 0.3 is 5.97 Å². The van der Waals surface area contributed by atoms with Crippen LogP contribution in [-0.2, 0) is 9.59 Å². The van der Waals surface area contributed by atoms with Crippen LogP contribution in [0.1, 0.15) is 31.4 Å². The second kappa shape index (κ2) is 6.53. The number of benzene rings is 1. The minimum atomic E-state index is -1.27. The van der Waals surface area contributed by atoms with Gasteiger partial charge in [-0.15, -0.1) is 0 Å². The number of carboxylic acids is 1.